The summed E-state index contributed by atoms with van der Waals surface area (Å²) in [6.07, 6.45) is -7.44. The summed E-state index contributed by atoms with van der Waals surface area (Å²) in [4.78, 5) is 12.7. The highest BCUT2D eigenvalue weighted by atomic mass is 16.5. The van der Waals surface area contributed by atoms with Gasteiger partial charge in [-0.05, 0) is 23.3 Å². The number of aliphatic hydroxyl groups excluding tert-OH is 4. The summed E-state index contributed by atoms with van der Waals surface area (Å²) in [6, 6.07) is 14.8. The maximum Gasteiger partial charge on any atom is 0.256 e. The zero-order chi connectivity index (χ0) is 20.3. The van der Waals surface area contributed by atoms with Gasteiger partial charge >= 0.3 is 0 Å². The van der Waals surface area contributed by atoms with Gasteiger partial charge in [0, 0.05) is 0 Å². The van der Waals surface area contributed by atoms with Gasteiger partial charge in [-0.2, -0.15) is 0 Å². The smallest absolute Gasteiger partial charge is 0.256 e. The largest absolute Gasteiger partial charge is 0.495 e. The number of amides is 1. The van der Waals surface area contributed by atoms with Crippen LogP contribution in [0.3, 0.4) is 0 Å². The van der Waals surface area contributed by atoms with Gasteiger partial charge in [0.1, 0.15) is 30.2 Å². The van der Waals surface area contributed by atoms with Crippen LogP contribution in [0.25, 0.3) is 11.1 Å². The second kappa shape index (κ2) is 8.68. The first-order valence-electron chi connectivity index (χ1n) is 8.81. The summed E-state index contributed by atoms with van der Waals surface area (Å²) in [6.45, 7) is -0.610. The molecule has 1 saturated heterocycles. The Hall–Kier alpha value is -2.49. The van der Waals surface area contributed by atoms with Gasteiger partial charge in [-0.15, -0.1) is 0 Å². The Morgan fingerprint density at radius 2 is 1.75 bits per heavy atom. The number of ether oxygens (including phenoxy) is 2. The Bertz CT molecular complexity index is 811. The summed E-state index contributed by atoms with van der Waals surface area (Å²) >= 11 is 0. The minimum absolute atomic E-state index is 0.353. The van der Waals surface area contributed by atoms with Crippen molar-refractivity contribution >= 4 is 11.6 Å². The molecule has 0 saturated carbocycles. The van der Waals surface area contributed by atoms with Crippen molar-refractivity contribution in [3.05, 3.63) is 48.5 Å². The molecular weight excluding hydrogens is 366 g/mol. The molecule has 1 aliphatic heterocycles. The highest BCUT2D eigenvalue weighted by Crippen LogP contribution is 2.31. The third-order valence-corrected chi connectivity index (χ3v) is 4.72. The van der Waals surface area contributed by atoms with Crippen molar-refractivity contribution in [1.29, 1.82) is 0 Å². The van der Waals surface area contributed by atoms with Crippen LogP contribution in [0.2, 0.25) is 0 Å². The molecule has 2 aromatic rings. The van der Waals surface area contributed by atoms with Crippen molar-refractivity contribution in [2.75, 3.05) is 19.0 Å². The summed E-state index contributed by atoms with van der Waals surface area (Å²) in [5.74, 6) is -0.335. The quantitative estimate of drug-likeness (QED) is 0.492. The van der Waals surface area contributed by atoms with E-state index in [1.54, 1.807) is 12.1 Å². The van der Waals surface area contributed by atoms with Crippen LogP contribution in [0, 0.1) is 0 Å². The fourth-order valence-corrected chi connectivity index (χ4v) is 3.14. The van der Waals surface area contributed by atoms with E-state index in [2.05, 4.69) is 5.32 Å². The van der Waals surface area contributed by atoms with Crippen LogP contribution in [-0.2, 0) is 9.53 Å². The van der Waals surface area contributed by atoms with E-state index < -0.39 is 43.0 Å². The number of carbonyl (C=O) groups excluding carboxylic acids is 1. The summed E-state index contributed by atoms with van der Waals surface area (Å²) in [5.41, 5.74) is 2.13. The number of hydrogen-bond acceptors (Lipinski definition) is 7. The lowest BCUT2D eigenvalue weighted by atomic mass is 9.94. The molecule has 1 aliphatic rings. The summed E-state index contributed by atoms with van der Waals surface area (Å²) < 4.78 is 10.6. The molecular formula is C20H23NO7. The molecule has 1 heterocycles. The second-order valence-electron chi connectivity index (χ2n) is 6.52. The van der Waals surface area contributed by atoms with E-state index in [-0.39, 0.29) is 0 Å². The van der Waals surface area contributed by atoms with E-state index in [0.29, 0.717) is 11.4 Å². The van der Waals surface area contributed by atoms with Crippen molar-refractivity contribution in [2.24, 2.45) is 0 Å². The van der Waals surface area contributed by atoms with Gasteiger partial charge < -0.3 is 35.2 Å². The van der Waals surface area contributed by atoms with Crippen LogP contribution >= 0.6 is 0 Å². The average Bonchev–Trinajstić information content (AvgIpc) is 2.72. The highest BCUT2D eigenvalue weighted by Gasteiger charge is 2.46. The van der Waals surface area contributed by atoms with Crippen LogP contribution in [-0.4, -0.2) is 70.6 Å². The first kappa shape index (κ1) is 20.2. The van der Waals surface area contributed by atoms with Gasteiger partial charge in [0.2, 0.25) is 0 Å². The minimum Gasteiger partial charge on any atom is -0.495 e. The van der Waals surface area contributed by atoms with Gasteiger partial charge in [-0.3, -0.25) is 4.79 Å². The Balaban J connectivity index is 1.85. The summed E-state index contributed by atoms with van der Waals surface area (Å²) in [5, 5.41) is 41.7. The van der Waals surface area contributed by atoms with E-state index in [9.17, 15) is 25.2 Å². The lowest BCUT2D eigenvalue weighted by molar-refractivity contribution is -0.224. The Kier molecular flexibility index (Phi) is 6.28. The van der Waals surface area contributed by atoms with Crippen LogP contribution in [0.4, 0.5) is 5.69 Å². The maximum atomic E-state index is 12.7. The fraction of sp³-hybridized carbons (Fsp3) is 0.350. The maximum absolute atomic E-state index is 12.7. The third kappa shape index (κ3) is 4.01. The zero-order valence-corrected chi connectivity index (χ0v) is 15.2. The molecule has 0 bridgehead atoms. The van der Waals surface area contributed by atoms with Crippen LogP contribution in [0.1, 0.15) is 0 Å². The van der Waals surface area contributed by atoms with Gasteiger partial charge in [0.15, 0.2) is 6.10 Å². The molecule has 2 aromatic carbocycles. The molecule has 0 aliphatic carbocycles. The standard InChI is InChI=1S/C20H23NO7/c1-27-14-8-7-12(11-5-3-2-4-6-11)9-13(14)21-20(26)19-18(25)17(24)16(23)15(10-22)28-19/h2-9,15-19,22-25H,10H2,1H3,(H,21,26)/t15-,16+,17+,18-,19-/m1/s1. The number of benzene rings is 2. The van der Waals surface area contributed by atoms with Crippen molar-refractivity contribution in [3.8, 4) is 16.9 Å². The molecule has 0 aromatic heterocycles. The number of nitrogens with one attached hydrogen (secondary N) is 1. The number of carbonyl (C=O) groups is 1. The lowest BCUT2D eigenvalue weighted by Gasteiger charge is -2.39. The van der Waals surface area contributed by atoms with Crippen molar-refractivity contribution in [2.45, 2.75) is 30.5 Å². The van der Waals surface area contributed by atoms with Gasteiger partial charge in [0.25, 0.3) is 5.91 Å². The number of hydrogen-bond donors (Lipinski definition) is 5. The number of aliphatic hydroxyl groups is 4. The summed E-state index contributed by atoms with van der Waals surface area (Å²) in [7, 11) is 1.46. The lowest BCUT2D eigenvalue weighted by Crippen LogP contribution is -2.61. The molecule has 8 heteroatoms. The molecule has 5 atom stereocenters. The normalized spacial score (nSPS) is 27.2. The molecule has 8 nitrogen and oxygen atoms in total. The highest BCUT2D eigenvalue weighted by molar-refractivity contribution is 5.96. The minimum atomic E-state index is -1.65. The van der Waals surface area contributed by atoms with E-state index in [4.69, 9.17) is 9.47 Å². The molecule has 0 radical (unpaired) electrons. The second-order valence-corrected chi connectivity index (χ2v) is 6.52. The van der Waals surface area contributed by atoms with Gasteiger partial charge in [0.05, 0.1) is 19.4 Å². The van der Waals surface area contributed by atoms with E-state index in [1.807, 2.05) is 36.4 Å². The molecule has 3 rings (SSSR count). The van der Waals surface area contributed by atoms with Crippen molar-refractivity contribution in [3.63, 3.8) is 0 Å². The van der Waals surface area contributed by atoms with Crippen LogP contribution in [0.15, 0.2) is 48.5 Å². The molecule has 28 heavy (non-hydrogen) atoms. The molecule has 1 amide bonds. The van der Waals surface area contributed by atoms with Crippen LogP contribution < -0.4 is 10.1 Å². The number of anilines is 1. The first-order valence-corrected chi connectivity index (χ1v) is 8.81. The predicted molar refractivity (Wildman–Crippen MR) is 101 cm³/mol. The van der Waals surface area contributed by atoms with Crippen LogP contribution in [0.5, 0.6) is 5.75 Å². The molecule has 5 N–H and O–H groups in total. The zero-order valence-electron chi connectivity index (χ0n) is 15.2. The van der Waals surface area contributed by atoms with Crippen molar-refractivity contribution in [1.82, 2.24) is 0 Å². The van der Waals surface area contributed by atoms with E-state index in [0.717, 1.165) is 11.1 Å². The Morgan fingerprint density at radius 1 is 1.04 bits per heavy atom. The Morgan fingerprint density at radius 3 is 2.39 bits per heavy atom. The number of methoxy groups -OCH3 is 1. The van der Waals surface area contributed by atoms with Gasteiger partial charge in [-0.1, -0.05) is 36.4 Å². The SMILES string of the molecule is COc1ccc(-c2ccccc2)cc1NC(=O)[C@@H]1O[C@H](CO)[C@H](O)[C@H](O)[C@H]1O. The molecule has 0 spiro atoms. The van der Waals surface area contributed by atoms with E-state index in [1.165, 1.54) is 7.11 Å². The first-order chi connectivity index (χ1) is 13.5. The Labute approximate surface area is 162 Å². The third-order valence-electron chi connectivity index (χ3n) is 4.72. The van der Waals surface area contributed by atoms with Crippen molar-refractivity contribution < 1.29 is 34.7 Å². The fourth-order valence-electron chi connectivity index (χ4n) is 3.14. The number of rotatable bonds is 5. The topological polar surface area (TPSA) is 128 Å². The molecule has 150 valence electrons. The van der Waals surface area contributed by atoms with E-state index >= 15 is 0 Å². The average molecular weight is 389 g/mol. The molecule has 1 fully saturated rings. The monoisotopic (exact) mass is 389 g/mol. The van der Waals surface area contributed by atoms with Gasteiger partial charge in [-0.25, -0.2) is 0 Å². The predicted octanol–water partition coefficient (Wildman–Crippen LogP) is 0.143. The molecule has 0 unspecified atom stereocenters.